The summed E-state index contributed by atoms with van der Waals surface area (Å²) >= 11 is 0. The molecule has 0 saturated heterocycles. The first-order valence-electron chi connectivity index (χ1n) is 10.7. The van der Waals surface area contributed by atoms with Crippen LogP contribution < -0.4 is 10.2 Å². The number of halogens is 3. The Kier molecular flexibility index (Phi) is 5.91. The van der Waals surface area contributed by atoms with E-state index in [4.69, 9.17) is 9.52 Å². The number of carbonyl (C=O) groups excluding carboxylic acids is 1. The third-order valence-corrected chi connectivity index (χ3v) is 6.60. The number of rotatable bonds is 5. The second kappa shape index (κ2) is 8.35. The summed E-state index contributed by atoms with van der Waals surface area (Å²) in [5, 5.41) is 22.6. The zero-order chi connectivity index (χ0) is 22.2. The van der Waals surface area contributed by atoms with Crippen molar-refractivity contribution in [2.75, 3.05) is 31.1 Å². The van der Waals surface area contributed by atoms with Gasteiger partial charge in [0.1, 0.15) is 5.58 Å². The second-order valence-electron chi connectivity index (χ2n) is 8.66. The standard InChI is InChI=1S/C22H27F3N2O4/c23-22(24,25)15-1-2-17-16(13-15)18-19(31-17)20(29)26-9-11-27(18)10-5-14-3-6-21(30,7-4-14)8-12-28/h1-2,13-14,28,30H,3-12H2,(H,26,29)/t14-,21+. The fourth-order valence-electron chi connectivity index (χ4n) is 4.75. The Morgan fingerprint density at radius 3 is 2.68 bits per heavy atom. The number of aliphatic hydroxyl groups is 2. The van der Waals surface area contributed by atoms with Gasteiger partial charge in [-0.1, -0.05) is 0 Å². The van der Waals surface area contributed by atoms with Crippen LogP contribution in [0.1, 0.15) is 54.6 Å². The van der Waals surface area contributed by atoms with Crippen molar-refractivity contribution in [2.45, 2.75) is 50.3 Å². The summed E-state index contributed by atoms with van der Waals surface area (Å²) < 4.78 is 45.4. The zero-order valence-electron chi connectivity index (χ0n) is 17.2. The SMILES string of the molecule is O=C1NCCN(CC[C@H]2CC[C@](O)(CCO)CC2)c2c1oc1ccc(C(F)(F)F)cc21. The lowest BCUT2D eigenvalue weighted by molar-refractivity contribution is -0.137. The maximum absolute atomic E-state index is 13.3. The van der Waals surface area contributed by atoms with Crippen LogP contribution in [-0.4, -0.2) is 48.0 Å². The molecule has 2 heterocycles. The van der Waals surface area contributed by atoms with Gasteiger partial charge in [0.2, 0.25) is 5.76 Å². The lowest BCUT2D eigenvalue weighted by Gasteiger charge is -2.36. The number of hydrogen-bond acceptors (Lipinski definition) is 5. The highest BCUT2D eigenvalue weighted by Gasteiger charge is 2.35. The van der Waals surface area contributed by atoms with E-state index in [9.17, 15) is 23.1 Å². The van der Waals surface area contributed by atoms with Crippen LogP contribution in [-0.2, 0) is 6.18 Å². The van der Waals surface area contributed by atoms with Crippen molar-refractivity contribution >= 4 is 22.6 Å². The average molecular weight is 440 g/mol. The molecule has 2 aromatic rings. The van der Waals surface area contributed by atoms with Crippen LogP contribution in [0.25, 0.3) is 11.0 Å². The fourth-order valence-corrected chi connectivity index (χ4v) is 4.75. The van der Waals surface area contributed by atoms with Crippen molar-refractivity contribution in [2.24, 2.45) is 5.92 Å². The minimum absolute atomic E-state index is 0.0355. The van der Waals surface area contributed by atoms with E-state index in [0.717, 1.165) is 31.4 Å². The Morgan fingerprint density at radius 1 is 1.26 bits per heavy atom. The summed E-state index contributed by atoms with van der Waals surface area (Å²) in [6.07, 6.45) is -0.374. The maximum atomic E-state index is 13.3. The number of furan rings is 1. The summed E-state index contributed by atoms with van der Waals surface area (Å²) in [5.41, 5.74) is -0.898. The van der Waals surface area contributed by atoms with Gasteiger partial charge in [0.05, 0.1) is 16.9 Å². The molecule has 1 aliphatic carbocycles. The molecule has 170 valence electrons. The van der Waals surface area contributed by atoms with Gasteiger partial charge in [-0.2, -0.15) is 13.2 Å². The molecule has 1 aromatic heterocycles. The Bertz CT molecular complexity index is 948. The third kappa shape index (κ3) is 4.52. The number of aliphatic hydroxyl groups excluding tert-OH is 1. The number of alkyl halides is 3. The molecular formula is C22H27F3N2O4. The summed E-state index contributed by atoms with van der Waals surface area (Å²) in [7, 11) is 0. The summed E-state index contributed by atoms with van der Waals surface area (Å²) in [6.45, 7) is 1.40. The molecule has 2 aliphatic rings. The third-order valence-electron chi connectivity index (χ3n) is 6.60. The van der Waals surface area contributed by atoms with Crippen LogP contribution in [0.2, 0.25) is 0 Å². The monoisotopic (exact) mass is 440 g/mol. The first-order valence-corrected chi connectivity index (χ1v) is 10.7. The second-order valence-corrected chi connectivity index (χ2v) is 8.66. The van der Waals surface area contributed by atoms with Crippen LogP contribution in [0.5, 0.6) is 0 Å². The van der Waals surface area contributed by atoms with Crippen molar-refractivity contribution in [3.8, 4) is 0 Å². The number of benzene rings is 1. The van der Waals surface area contributed by atoms with Gasteiger partial charge in [0.25, 0.3) is 5.91 Å². The number of carbonyl (C=O) groups is 1. The molecule has 0 spiro atoms. The van der Waals surface area contributed by atoms with Crippen molar-refractivity contribution in [3.05, 3.63) is 29.5 Å². The molecule has 1 fully saturated rings. The van der Waals surface area contributed by atoms with Crippen LogP contribution >= 0.6 is 0 Å². The normalized spacial score (nSPS) is 24.7. The molecule has 31 heavy (non-hydrogen) atoms. The van der Waals surface area contributed by atoms with Crippen LogP contribution in [0.15, 0.2) is 22.6 Å². The molecule has 0 unspecified atom stereocenters. The molecule has 0 radical (unpaired) electrons. The molecule has 4 rings (SSSR count). The van der Waals surface area contributed by atoms with E-state index in [-0.39, 0.29) is 18.0 Å². The molecule has 6 nitrogen and oxygen atoms in total. The molecule has 1 amide bonds. The van der Waals surface area contributed by atoms with Gasteiger partial charge in [-0.3, -0.25) is 4.79 Å². The Labute approximate surface area is 178 Å². The zero-order valence-corrected chi connectivity index (χ0v) is 17.2. The van der Waals surface area contributed by atoms with E-state index < -0.39 is 23.2 Å². The van der Waals surface area contributed by atoms with Gasteiger partial charge in [0, 0.05) is 31.6 Å². The number of amides is 1. The average Bonchev–Trinajstić information content (AvgIpc) is 3.02. The lowest BCUT2D eigenvalue weighted by atomic mass is 9.76. The highest BCUT2D eigenvalue weighted by atomic mass is 19.4. The highest BCUT2D eigenvalue weighted by Crippen LogP contribution is 2.40. The summed E-state index contributed by atoms with van der Waals surface area (Å²) in [6, 6.07) is 3.28. The van der Waals surface area contributed by atoms with E-state index in [1.165, 1.54) is 6.07 Å². The molecular weight excluding hydrogens is 413 g/mol. The Morgan fingerprint density at radius 2 is 2.00 bits per heavy atom. The number of nitrogens with one attached hydrogen (secondary N) is 1. The maximum Gasteiger partial charge on any atom is 0.416 e. The molecule has 0 atom stereocenters. The quantitative estimate of drug-likeness (QED) is 0.660. The molecule has 3 N–H and O–H groups in total. The first-order chi connectivity index (χ1) is 14.7. The van der Waals surface area contributed by atoms with E-state index in [2.05, 4.69) is 5.32 Å². The van der Waals surface area contributed by atoms with Gasteiger partial charge < -0.3 is 24.8 Å². The number of hydrogen-bond donors (Lipinski definition) is 3. The Hall–Kier alpha value is -2.26. The lowest BCUT2D eigenvalue weighted by Crippen LogP contribution is -2.36. The number of nitrogens with zero attached hydrogens (tertiary/aromatic N) is 1. The topological polar surface area (TPSA) is 85.9 Å². The molecule has 1 aliphatic heterocycles. The van der Waals surface area contributed by atoms with Crippen LogP contribution in [0, 0.1) is 5.92 Å². The van der Waals surface area contributed by atoms with Gasteiger partial charge in [-0.05, 0) is 62.6 Å². The molecule has 9 heteroatoms. The molecule has 1 aromatic carbocycles. The van der Waals surface area contributed by atoms with E-state index in [0.29, 0.717) is 55.9 Å². The molecule has 0 bridgehead atoms. The van der Waals surface area contributed by atoms with Crippen LogP contribution in [0.4, 0.5) is 18.9 Å². The summed E-state index contributed by atoms with van der Waals surface area (Å²) in [4.78, 5) is 14.4. The van der Waals surface area contributed by atoms with Gasteiger partial charge in [0.15, 0.2) is 0 Å². The Balaban J connectivity index is 1.56. The smallest absolute Gasteiger partial charge is 0.416 e. The first kappa shape index (κ1) is 22.0. The molecule has 1 saturated carbocycles. The van der Waals surface area contributed by atoms with E-state index >= 15 is 0 Å². The minimum Gasteiger partial charge on any atom is -0.449 e. The van der Waals surface area contributed by atoms with Crippen molar-refractivity contribution in [1.82, 2.24) is 5.32 Å². The number of anilines is 1. The fraction of sp³-hybridized carbons (Fsp3) is 0.591. The number of fused-ring (bicyclic) bond motifs is 3. The highest BCUT2D eigenvalue weighted by molar-refractivity contribution is 6.07. The van der Waals surface area contributed by atoms with Gasteiger partial charge >= 0.3 is 6.18 Å². The predicted octanol–water partition coefficient (Wildman–Crippen LogP) is 3.70. The van der Waals surface area contributed by atoms with Crippen LogP contribution in [0.3, 0.4) is 0 Å². The van der Waals surface area contributed by atoms with Crippen molar-refractivity contribution in [3.63, 3.8) is 0 Å². The minimum atomic E-state index is -4.48. The van der Waals surface area contributed by atoms with Crippen molar-refractivity contribution < 1.29 is 32.6 Å². The predicted molar refractivity (Wildman–Crippen MR) is 109 cm³/mol. The largest absolute Gasteiger partial charge is 0.449 e. The summed E-state index contributed by atoms with van der Waals surface area (Å²) in [5.74, 6) is 0.0000141. The van der Waals surface area contributed by atoms with Gasteiger partial charge in [-0.15, -0.1) is 0 Å². The van der Waals surface area contributed by atoms with E-state index in [1.807, 2.05) is 4.90 Å². The van der Waals surface area contributed by atoms with E-state index in [1.54, 1.807) is 0 Å². The van der Waals surface area contributed by atoms with Crippen molar-refractivity contribution in [1.29, 1.82) is 0 Å². The van der Waals surface area contributed by atoms with Gasteiger partial charge in [-0.25, -0.2) is 0 Å².